The highest BCUT2D eigenvalue weighted by atomic mass is 35.5. The number of aryl methyl sites for hydroxylation is 1. The van der Waals surface area contributed by atoms with Crippen LogP contribution >= 0.6 is 11.6 Å². The number of methoxy groups -OCH3 is 2. The number of hydrogen-bond donors (Lipinski definition) is 1. The van der Waals surface area contributed by atoms with Crippen LogP contribution in [0, 0.1) is 11.8 Å². The van der Waals surface area contributed by atoms with E-state index < -0.39 is 26.8 Å². The summed E-state index contributed by atoms with van der Waals surface area (Å²) < 4.78 is 46.5. The van der Waals surface area contributed by atoms with E-state index in [2.05, 4.69) is 45.7 Å². The lowest BCUT2D eigenvalue weighted by Crippen LogP contribution is -2.57. The predicted octanol–water partition coefficient (Wildman–Crippen LogP) is 6.77. The van der Waals surface area contributed by atoms with Crippen LogP contribution in [0.4, 0.5) is 5.69 Å². The van der Waals surface area contributed by atoms with Crippen LogP contribution in [-0.4, -0.2) is 89.7 Å². The summed E-state index contributed by atoms with van der Waals surface area (Å²) in [6, 6.07) is 11.6. The molecule has 280 valence electrons. The number of allylic oxidation sites excluding steroid dienone is 1. The number of hydrogen-bond acceptors (Lipinski definition) is 8. The van der Waals surface area contributed by atoms with Crippen LogP contribution in [0.15, 0.2) is 48.6 Å². The van der Waals surface area contributed by atoms with Gasteiger partial charge in [0, 0.05) is 62.9 Å². The Kier molecular flexibility index (Phi) is 11.8. The third-order valence-corrected chi connectivity index (χ3v) is 14.0. The topological polar surface area (TPSA) is 97.4 Å². The second kappa shape index (κ2) is 15.8. The number of benzene rings is 2. The second-order valence-electron chi connectivity index (χ2n) is 15.4. The van der Waals surface area contributed by atoms with Crippen molar-refractivity contribution in [1.82, 2.24) is 9.62 Å². The van der Waals surface area contributed by atoms with E-state index in [4.69, 9.17) is 25.8 Å². The Hall–Kier alpha value is -2.63. The lowest BCUT2D eigenvalue weighted by Gasteiger charge is -2.52. The number of rotatable bonds is 12. The summed E-state index contributed by atoms with van der Waals surface area (Å²) in [5, 5.41) is 0.0128. The van der Waals surface area contributed by atoms with Crippen LogP contribution < -0.4 is 14.4 Å². The fourth-order valence-corrected chi connectivity index (χ4v) is 9.63. The van der Waals surface area contributed by atoms with Gasteiger partial charge in [0.25, 0.3) is 5.91 Å². The molecule has 0 radical (unpaired) electrons. The monoisotopic (exact) mass is 741 g/mol. The molecule has 9 nitrogen and oxygen atoms in total. The first-order valence-corrected chi connectivity index (χ1v) is 20.7. The van der Waals surface area contributed by atoms with E-state index in [-0.39, 0.29) is 5.41 Å². The highest BCUT2D eigenvalue weighted by Crippen LogP contribution is 2.49. The zero-order chi connectivity index (χ0) is 36.4. The number of halogens is 1. The largest absolute Gasteiger partial charge is 0.490 e. The number of ether oxygens (including phenoxy) is 3. The summed E-state index contributed by atoms with van der Waals surface area (Å²) in [4.78, 5) is 18.3. The summed E-state index contributed by atoms with van der Waals surface area (Å²) in [6.07, 6.45) is 13.0. The van der Waals surface area contributed by atoms with E-state index in [9.17, 15) is 13.2 Å². The van der Waals surface area contributed by atoms with Gasteiger partial charge in [-0.05, 0) is 119 Å². The van der Waals surface area contributed by atoms with Gasteiger partial charge >= 0.3 is 0 Å². The van der Waals surface area contributed by atoms with Crippen molar-refractivity contribution < 1.29 is 27.4 Å². The van der Waals surface area contributed by atoms with E-state index >= 15 is 0 Å². The molecule has 2 aliphatic carbocycles. The summed E-state index contributed by atoms with van der Waals surface area (Å²) in [6.45, 7) is 10.1. The van der Waals surface area contributed by atoms with Gasteiger partial charge in [-0.1, -0.05) is 36.7 Å². The van der Waals surface area contributed by atoms with Crippen molar-refractivity contribution in [2.75, 3.05) is 58.5 Å². The van der Waals surface area contributed by atoms with Crippen LogP contribution in [0.3, 0.4) is 0 Å². The van der Waals surface area contributed by atoms with Crippen molar-refractivity contribution in [1.29, 1.82) is 0 Å². The number of amides is 1. The summed E-state index contributed by atoms with van der Waals surface area (Å²) in [5.41, 5.74) is 2.96. The molecular formula is C40H56ClN3O6S. The fourth-order valence-electron chi connectivity index (χ4n) is 8.82. The zero-order valence-electron chi connectivity index (χ0n) is 31.0. The molecule has 1 N–H and O–H groups in total. The number of likely N-dealkylation sites (tertiary alicyclic amines) is 1. The normalized spacial score (nSPS) is 25.5. The third kappa shape index (κ3) is 8.00. The van der Waals surface area contributed by atoms with E-state index in [0.29, 0.717) is 42.4 Å². The summed E-state index contributed by atoms with van der Waals surface area (Å²) in [7, 11) is -0.127. The molecular weight excluding hydrogens is 686 g/mol. The number of sulfonamides is 1. The molecule has 51 heavy (non-hydrogen) atoms. The minimum Gasteiger partial charge on any atom is -0.490 e. The highest BCUT2D eigenvalue weighted by molar-refractivity contribution is 7.90. The molecule has 2 fully saturated rings. The minimum absolute atomic E-state index is 0.272. The lowest BCUT2D eigenvalue weighted by molar-refractivity contribution is -0.0973. The minimum atomic E-state index is -3.80. The number of anilines is 1. The SMILES string of the molecule is CC/C=C/[C@](CN1CCC(OC)CC1)(OC)[C@@H]1CC[C@H]1CN1C[C@@]2(CCCc3cc(Cl)ccc32)COc2ccc(C(=O)NS(=O)(=O)C(C)C)cc21. The standard InChI is InChI=1S/C40H56ClN3O6S/c1-6-7-19-40(49-5,26-43-20-16-33(48-4)17-21-43)35-13-10-31(35)24-44-25-39(18-8-9-29-22-32(41)12-14-34(29)39)27-50-37-15-11-30(23-36(37)44)38(45)42-51(46,47)28(2)3/h7,11-12,14-15,19,22-23,28,31,33,35H,6,8-10,13,16-18,20-21,24-27H2,1-5H3,(H,42,45)/b19-7+/t31-,35+,39-,40+/m0/s1. The first-order chi connectivity index (χ1) is 24.4. The van der Waals surface area contributed by atoms with Crippen molar-refractivity contribution in [3.05, 3.63) is 70.3 Å². The third-order valence-electron chi connectivity index (χ3n) is 12.0. The molecule has 1 saturated heterocycles. The molecule has 2 aromatic carbocycles. The summed E-state index contributed by atoms with van der Waals surface area (Å²) in [5.74, 6) is 0.703. The van der Waals surface area contributed by atoms with Crippen molar-refractivity contribution in [3.8, 4) is 5.75 Å². The van der Waals surface area contributed by atoms with Gasteiger partial charge in [-0.3, -0.25) is 9.69 Å². The molecule has 2 aliphatic heterocycles. The molecule has 0 bridgehead atoms. The molecule has 0 aromatic heterocycles. The van der Waals surface area contributed by atoms with Crippen molar-refractivity contribution in [3.63, 3.8) is 0 Å². The number of carbonyl (C=O) groups is 1. The Labute approximate surface area is 310 Å². The Morgan fingerprint density at radius 3 is 2.59 bits per heavy atom. The molecule has 1 saturated carbocycles. The number of fused-ring (bicyclic) bond motifs is 3. The first kappa shape index (κ1) is 38.1. The molecule has 4 atom stereocenters. The highest BCUT2D eigenvalue weighted by Gasteiger charge is 2.49. The van der Waals surface area contributed by atoms with Crippen molar-refractivity contribution in [2.24, 2.45) is 11.8 Å². The quantitative estimate of drug-likeness (QED) is 0.238. The molecule has 4 aliphatic rings. The predicted molar refractivity (Wildman–Crippen MR) is 204 cm³/mol. The van der Waals surface area contributed by atoms with E-state index in [0.717, 1.165) is 88.3 Å². The van der Waals surface area contributed by atoms with Crippen LogP contribution in [0.1, 0.15) is 87.2 Å². The molecule has 11 heteroatoms. The van der Waals surface area contributed by atoms with Crippen molar-refractivity contribution >= 4 is 33.2 Å². The van der Waals surface area contributed by atoms with Gasteiger partial charge in [0.05, 0.1) is 23.6 Å². The maximum Gasteiger partial charge on any atom is 0.264 e. The van der Waals surface area contributed by atoms with Crippen LogP contribution in [0.25, 0.3) is 0 Å². The Morgan fingerprint density at radius 2 is 1.92 bits per heavy atom. The van der Waals surface area contributed by atoms with Gasteiger partial charge < -0.3 is 19.1 Å². The van der Waals surface area contributed by atoms with Crippen molar-refractivity contribution in [2.45, 2.75) is 94.5 Å². The maximum absolute atomic E-state index is 13.4. The average Bonchev–Trinajstić information content (AvgIpc) is 3.25. The average molecular weight is 742 g/mol. The van der Waals surface area contributed by atoms with Gasteiger partial charge in [0.15, 0.2) is 0 Å². The number of piperidine rings is 1. The van der Waals surface area contributed by atoms with E-state index in [1.807, 2.05) is 32.4 Å². The molecule has 1 amide bonds. The first-order valence-electron chi connectivity index (χ1n) is 18.8. The molecule has 6 rings (SSSR count). The lowest BCUT2D eigenvalue weighted by atomic mass is 9.63. The molecule has 2 aromatic rings. The van der Waals surface area contributed by atoms with Crippen LogP contribution in [-0.2, 0) is 31.3 Å². The number of carbonyl (C=O) groups excluding carboxylic acids is 1. The van der Waals surface area contributed by atoms with Crippen LogP contribution in [0.5, 0.6) is 5.75 Å². The Balaban J connectivity index is 1.35. The van der Waals surface area contributed by atoms with E-state index in [1.54, 1.807) is 19.9 Å². The van der Waals surface area contributed by atoms with E-state index in [1.165, 1.54) is 11.1 Å². The fraction of sp³-hybridized carbons (Fsp3) is 0.625. The number of nitrogens with one attached hydrogen (secondary N) is 1. The molecule has 0 unspecified atom stereocenters. The van der Waals surface area contributed by atoms with Gasteiger partial charge in [-0.25, -0.2) is 13.1 Å². The Bertz CT molecular complexity index is 1690. The maximum atomic E-state index is 13.4. The number of nitrogens with zero attached hydrogens (tertiary/aromatic N) is 2. The molecule has 2 heterocycles. The van der Waals surface area contributed by atoms with Gasteiger partial charge in [-0.15, -0.1) is 0 Å². The van der Waals surface area contributed by atoms with Gasteiger partial charge in [0.1, 0.15) is 11.4 Å². The van der Waals surface area contributed by atoms with Gasteiger partial charge in [0.2, 0.25) is 10.0 Å². The smallest absolute Gasteiger partial charge is 0.264 e. The molecule has 1 spiro atoms. The summed E-state index contributed by atoms with van der Waals surface area (Å²) >= 11 is 6.49. The van der Waals surface area contributed by atoms with Crippen LogP contribution in [0.2, 0.25) is 5.02 Å². The van der Waals surface area contributed by atoms with Gasteiger partial charge in [-0.2, -0.15) is 0 Å². The zero-order valence-corrected chi connectivity index (χ0v) is 32.5. The second-order valence-corrected chi connectivity index (χ2v) is 18.1. The Morgan fingerprint density at radius 1 is 1.14 bits per heavy atom.